The lowest BCUT2D eigenvalue weighted by Crippen LogP contribution is -2.07. The summed E-state index contributed by atoms with van der Waals surface area (Å²) < 4.78 is 25.8. The van der Waals surface area contributed by atoms with Gasteiger partial charge in [-0.15, -0.1) is 0 Å². The molecule has 0 unspecified atom stereocenters. The molecule has 3 rings (SSSR count). The number of nitrogens with zero attached hydrogens (tertiary/aromatic N) is 4. The molecule has 0 aliphatic heterocycles. The molecule has 0 aliphatic carbocycles. The van der Waals surface area contributed by atoms with Crippen molar-refractivity contribution in [1.82, 2.24) is 14.8 Å². The predicted octanol–water partition coefficient (Wildman–Crippen LogP) is 3.35. The first-order chi connectivity index (χ1) is 11.0. The Hall–Kier alpha value is -3.10. The van der Waals surface area contributed by atoms with Crippen LogP contribution in [0.25, 0.3) is 10.9 Å². The largest absolute Gasteiger partial charge is 0.337 e. The van der Waals surface area contributed by atoms with Crippen LogP contribution in [0.4, 0.5) is 26.0 Å². The van der Waals surface area contributed by atoms with Gasteiger partial charge in [0.05, 0.1) is 16.0 Å². The van der Waals surface area contributed by atoms with Crippen LogP contribution >= 0.6 is 0 Å². The predicted molar refractivity (Wildman–Crippen MR) is 79.9 cm³/mol. The third-order valence-corrected chi connectivity index (χ3v) is 3.17. The average Bonchev–Trinajstić information content (AvgIpc) is 2.93. The minimum absolute atomic E-state index is 0.0538. The summed E-state index contributed by atoms with van der Waals surface area (Å²) in [6, 6.07) is 7.62. The maximum atomic E-state index is 12.3. The number of hydrogen-bond acceptors (Lipinski definition) is 5. The summed E-state index contributed by atoms with van der Waals surface area (Å²) >= 11 is 0. The van der Waals surface area contributed by atoms with E-state index in [1.165, 1.54) is 24.5 Å². The number of nitrogens with one attached hydrogen (secondary N) is 1. The number of hydrogen-bond donors (Lipinski definition) is 1. The Morgan fingerprint density at radius 2 is 2.13 bits per heavy atom. The topological polar surface area (TPSA) is 85.9 Å². The number of nitro benzene ring substituents is 1. The van der Waals surface area contributed by atoms with Crippen molar-refractivity contribution in [3.05, 3.63) is 52.8 Å². The van der Waals surface area contributed by atoms with Gasteiger partial charge in [0.2, 0.25) is 0 Å². The lowest BCUT2D eigenvalue weighted by atomic mass is 10.1. The van der Waals surface area contributed by atoms with Crippen molar-refractivity contribution in [1.29, 1.82) is 0 Å². The van der Waals surface area contributed by atoms with Gasteiger partial charge < -0.3 is 5.32 Å². The molecule has 3 aromatic rings. The summed E-state index contributed by atoms with van der Waals surface area (Å²) in [5.74, 6) is 0.353. The number of benzene rings is 1. The van der Waals surface area contributed by atoms with E-state index in [9.17, 15) is 18.9 Å². The Bertz CT molecular complexity index is 865. The van der Waals surface area contributed by atoms with Crippen molar-refractivity contribution in [2.24, 2.45) is 0 Å². The second-order valence-electron chi connectivity index (χ2n) is 4.73. The van der Waals surface area contributed by atoms with E-state index in [1.54, 1.807) is 18.2 Å². The van der Waals surface area contributed by atoms with Crippen LogP contribution in [-0.4, -0.2) is 26.1 Å². The Labute approximate surface area is 128 Å². The quantitative estimate of drug-likeness (QED) is 0.576. The maximum Gasteiger partial charge on any atom is 0.278 e. The highest BCUT2D eigenvalue weighted by molar-refractivity contribution is 5.97. The number of pyridine rings is 1. The molecular formula is C14H11F2N5O2. The zero-order valence-electron chi connectivity index (χ0n) is 11.7. The first-order valence-electron chi connectivity index (χ1n) is 6.65. The summed E-state index contributed by atoms with van der Waals surface area (Å²) in [6.07, 6.45) is 0.451. The number of non-ortho nitro benzene ring substituents is 1. The van der Waals surface area contributed by atoms with E-state index in [2.05, 4.69) is 15.4 Å². The summed E-state index contributed by atoms with van der Waals surface area (Å²) in [7, 11) is 0. The van der Waals surface area contributed by atoms with Crippen LogP contribution in [0, 0.1) is 10.1 Å². The molecule has 0 aliphatic rings. The SMILES string of the molecule is O=[N+]([O-])c1ccc(Nc2ccn(CC(F)F)n2)c2ncccc12. The van der Waals surface area contributed by atoms with Gasteiger partial charge in [0, 0.05) is 24.5 Å². The Balaban J connectivity index is 1.96. The fourth-order valence-corrected chi connectivity index (χ4v) is 2.23. The summed E-state index contributed by atoms with van der Waals surface area (Å²) in [4.78, 5) is 14.7. The second kappa shape index (κ2) is 5.95. The number of aromatic nitrogens is 3. The highest BCUT2D eigenvalue weighted by Crippen LogP contribution is 2.31. The molecule has 2 aromatic heterocycles. The number of anilines is 2. The van der Waals surface area contributed by atoms with Crippen molar-refractivity contribution >= 4 is 28.1 Å². The van der Waals surface area contributed by atoms with E-state index in [4.69, 9.17) is 0 Å². The fraction of sp³-hybridized carbons (Fsp3) is 0.143. The van der Waals surface area contributed by atoms with Crippen molar-refractivity contribution in [2.75, 3.05) is 5.32 Å². The van der Waals surface area contributed by atoms with Gasteiger partial charge in [0.25, 0.3) is 12.1 Å². The summed E-state index contributed by atoms with van der Waals surface area (Å²) in [6.45, 7) is -0.499. The zero-order chi connectivity index (χ0) is 16.4. The molecule has 2 heterocycles. The molecule has 0 saturated carbocycles. The van der Waals surface area contributed by atoms with Gasteiger partial charge in [-0.3, -0.25) is 19.8 Å². The molecule has 0 amide bonds. The Morgan fingerprint density at radius 1 is 1.30 bits per heavy atom. The van der Waals surface area contributed by atoms with E-state index < -0.39 is 17.9 Å². The van der Waals surface area contributed by atoms with Crippen LogP contribution in [0.15, 0.2) is 42.7 Å². The zero-order valence-corrected chi connectivity index (χ0v) is 11.7. The van der Waals surface area contributed by atoms with E-state index in [0.29, 0.717) is 22.4 Å². The number of nitro groups is 1. The summed E-state index contributed by atoms with van der Waals surface area (Å²) in [5.41, 5.74) is 0.862. The van der Waals surface area contributed by atoms with Crippen molar-refractivity contribution in [3.8, 4) is 0 Å². The molecule has 118 valence electrons. The Morgan fingerprint density at radius 3 is 2.87 bits per heavy atom. The number of alkyl halides is 2. The normalized spacial score (nSPS) is 11.1. The van der Waals surface area contributed by atoms with Crippen molar-refractivity contribution < 1.29 is 13.7 Å². The second-order valence-corrected chi connectivity index (χ2v) is 4.73. The van der Waals surface area contributed by atoms with Gasteiger partial charge in [-0.1, -0.05) is 0 Å². The first-order valence-corrected chi connectivity index (χ1v) is 6.65. The molecule has 0 spiro atoms. The van der Waals surface area contributed by atoms with E-state index >= 15 is 0 Å². The average molecular weight is 319 g/mol. The van der Waals surface area contributed by atoms with Gasteiger partial charge >= 0.3 is 0 Å². The molecular weight excluding hydrogens is 308 g/mol. The highest BCUT2D eigenvalue weighted by atomic mass is 19.3. The van der Waals surface area contributed by atoms with Gasteiger partial charge in [0.1, 0.15) is 12.1 Å². The maximum absolute atomic E-state index is 12.3. The van der Waals surface area contributed by atoms with Crippen molar-refractivity contribution in [2.45, 2.75) is 13.0 Å². The van der Waals surface area contributed by atoms with Crippen LogP contribution in [0.5, 0.6) is 0 Å². The highest BCUT2D eigenvalue weighted by Gasteiger charge is 2.15. The van der Waals surface area contributed by atoms with Gasteiger partial charge in [-0.25, -0.2) is 8.78 Å². The third-order valence-electron chi connectivity index (χ3n) is 3.17. The van der Waals surface area contributed by atoms with Gasteiger partial charge in [-0.05, 0) is 18.2 Å². The molecule has 0 bridgehead atoms. The van der Waals surface area contributed by atoms with Crippen molar-refractivity contribution in [3.63, 3.8) is 0 Å². The van der Waals surface area contributed by atoms with Crippen LogP contribution in [0.3, 0.4) is 0 Å². The molecule has 1 aromatic carbocycles. The Kier molecular flexibility index (Phi) is 3.83. The van der Waals surface area contributed by atoms with Crippen LogP contribution in [0.2, 0.25) is 0 Å². The minimum atomic E-state index is -2.50. The van der Waals surface area contributed by atoms with Crippen LogP contribution in [0.1, 0.15) is 0 Å². The molecule has 0 fully saturated rings. The molecule has 0 saturated heterocycles. The first kappa shape index (κ1) is 14.8. The van der Waals surface area contributed by atoms with E-state index in [0.717, 1.165) is 4.68 Å². The molecule has 0 radical (unpaired) electrons. The minimum Gasteiger partial charge on any atom is -0.337 e. The van der Waals surface area contributed by atoms with Crippen LogP contribution in [-0.2, 0) is 6.54 Å². The molecule has 23 heavy (non-hydrogen) atoms. The van der Waals surface area contributed by atoms with Gasteiger partial charge in [-0.2, -0.15) is 5.10 Å². The van der Waals surface area contributed by atoms with Crippen LogP contribution < -0.4 is 5.32 Å². The molecule has 7 nitrogen and oxygen atoms in total. The smallest absolute Gasteiger partial charge is 0.278 e. The monoisotopic (exact) mass is 319 g/mol. The van der Waals surface area contributed by atoms with Gasteiger partial charge in [0.15, 0.2) is 5.82 Å². The number of halogens is 2. The number of rotatable bonds is 5. The summed E-state index contributed by atoms with van der Waals surface area (Å²) in [5, 5.41) is 18.4. The lowest BCUT2D eigenvalue weighted by Gasteiger charge is -2.07. The lowest BCUT2D eigenvalue weighted by molar-refractivity contribution is -0.383. The third kappa shape index (κ3) is 3.07. The molecule has 1 N–H and O–H groups in total. The molecule has 0 atom stereocenters. The fourth-order valence-electron chi connectivity index (χ4n) is 2.23. The van der Waals surface area contributed by atoms with E-state index in [1.807, 2.05) is 0 Å². The molecule has 9 heteroatoms. The van der Waals surface area contributed by atoms with E-state index in [-0.39, 0.29) is 5.69 Å². The number of fused-ring (bicyclic) bond motifs is 1. The standard InChI is InChI=1S/C14H11F2N5O2/c15-12(16)8-20-7-5-13(19-20)18-10-3-4-11(21(22)23)9-2-1-6-17-14(9)10/h1-7,12H,8H2,(H,18,19).